The van der Waals surface area contributed by atoms with Crippen LogP contribution < -0.4 is 10.2 Å². The van der Waals surface area contributed by atoms with Gasteiger partial charge in [0.25, 0.3) is 0 Å². The summed E-state index contributed by atoms with van der Waals surface area (Å²) < 4.78 is 12.3. The van der Waals surface area contributed by atoms with E-state index in [1.807, 2.05) is 18.2 Å². The highest BCUT2D eigenvalue weighted by Gasteiger charge is 2.19. The molecule has 2 aromatic heterocycles. The van der Waals surface area contributed by atoms with E-state index in [0.717, 1.165) is 0 Å². The number of halogens is 1. The molecule has 0 N–H and O–H groups in total. The molecule has 0 bridgehead atoms. The molecule has 23 heavy (non-hydrogen) atoms. The number of methoxy groups -OCH3 is 2. The molecule has 0 fully saturated rings. The van der Waals surface area contributed by atoms with E-state index >= 15 is 0 Å². The summed E-state index contributed by atoms with van der Waals surface area (Å²) in [5.41, 5.74) is 0.241. The van der Waals surface area contributed by atoms with Crippen LogP contribution in [0.15, 0.2) is 41.3 Å². The summed E-state index contributed by atoms with van der Waals surface area (Å²) in [6.07, 6.45) is 1.46. The van der Waals surface area contributed by atoms with Gasteiger partial charge in [-0.15, -0.1) is 11.3 Å². The molecule has 2 heterocycles. The van der Waals surface area contributed by atoms with Crippen molar-refractivity contribution in [2.24, 2.45) is 0 Å². The summed E-state index contributed by atoms with van der Waals surface area (Å²) in [5.74, 6) is -0.0827. The lowest BCUT2D eigenvalue weighted by Crippen LogP contribution is -2.19. The Bertz CT molecular complexity index is 960. The number of hydrogen-bond donors (Lipinski definition) is 0. The van der Waals surface area contributed by atoms with Crippen LogP contribution in [0.2, 0.25) is 4.34 Å². The number of carbonyl (C=O) groups is 1. The van der Waals surface area contributed by atoms with E-state index in [4.69, 9.17) is 21.1 Å². The van der Waals surface area contributed by atoms with Crippen LogP contribution >= 0.6 is 22.9 Å². The summed E-state index contributed by atoms with van der Waals surface area (Å²) in [5, 5.41) is 0.369. The summed E-state index contributed by atoms with van der Waals surface area (Å²) in [7, 11) is 2.79. The van der Waals surface area contributed by atoms with Crippen LogP contribution in [0.3, 0.4) is 0 Å². The van der Waals surface area contributed by atoms with Gasteiger partial charge in [0.2, 0.25) is 5.43 Å². The SMILES string of the molecule is COC(=O)c1cn(-c2ccccc2OC)c2sc(Cl)cc2c1=O. The van der Waals surface area contributed by atoms with Crippen molar-refractivity contribution in [2.45, 2.75) is 0 Å². The topological polar surface area (TPSA) is 57.5 Å². The zero-order chi connectivity index (χ0) is 16.6. The van der Waals surface area contributed by atoms with Gasteiger partial charge in [0.1, 0.15) is 16.1 Å². The molecule has 0 atom stereocenters. The van der Waals surface area contributed by atoms with Gasteiger partial charge in [-0.25, -0.2) is 4.79 Å². The quantitative estimate of drug-likeness (QED) is 0.679. The average molecular weight is 350 g/mol. The fourth-order valence-electron chi connectivity index (χ4n) is 2.35. The Morgan fingerprint density at radius 3 is 2.70 bits per heavy atom. The van der Waals surface area contributed by atoms with Crippen LogP contribution in [-0.2, 0) is 4.74 Å². The Labute approximate surface area is 140 Å². The predicted molar refractivity (Wildman–Crippen MR) is 90.3 cm³/mol. The fourth-order valence-corrected chi connectivity index (χ4v) is 3.55. The molecule has 1 aromatic carbocycles. The van der Waals surface area contributed by atoms with Crippen molar-refractivity contribution >= 4 is 39.1 Å². The molecule has 0 spiro atoms. The molecule has 0 aliphatic heterocycles. The van der Waals surface area contributed by atoms with Crippen LogP contribution in [0.1, 0.15) is 10.4 Å². The van der Waals surface area contributed by atoms with Crippen LogP contribution in [0, 0.1) is 0 Å². The smallest absolute Gasteiger partial charge is 0.343 e. The van der Waals surface area contributed by atoms with Crippen molar-refractivity contribution in [1.29, 1.82) is 0 Å². The van der Waals surface area contributed by atoms with E-state index in [-0.39, 0.29) is 5.56 Å². The largest absolute Gasteiger partial charge is 0.495 e. The summed E-state index contributed by atoms with van der Waals surface area (Å²) in [4.78, 5) is 25.0. The van der Waals surface area contributed by atoms with Gasteiger partial charge in [-0.2, -0.15) is 0 Å². The number of pyridine rings is 1. The van der Waals surface area contributed by atoms with E-state index < -0.39 is 11.4 Å². The van der Waals surface area contributed by atoms with Crippen LogP contribution in [0.25, 0.3) is 15.9 Å². The van der Waals surface area contributed by atoms with Crippen molar-refractivity contribution in [1.82, 2.24) is 4.57 Å². The second-order valence-electron chi connectivity index (χ2n) is 4.67. The fraction of sp³-hybridized carbons (Fsp3) is 0.125. The van der Waals surface area contributed by atoms with Crippen molar-refractivity contribution in [2.75, 3.05) is 14.2 Å². The van der Waals surface area contributed by atoms with E-state index in [2.05, 4.69) is 0 Å². The molecule has 7 heteroatoms. The van der Waals surface area contributed by atoms with Crippen molar-refractivity contribution in [3.63, 3.8) is 0 Å². The first-order valence-corrected chi connectivity index (χ1v) is 7.82. The minimum Gasteiger partial charge on any atom is -0.495 e. The molecule has 0 aliphatic rings. The maximum atomic E-state index is 12.5. The highest BCUT2D eigenvalue weighted by molar-refractivity contribution is 7.22. The maximum absolute atomic E-state index is 12.5. The van der Waals surface area contributed by atoms with Crippen LogP contribution in [0.4, 0.5) is 0 Å². The first-order chi connectivity index (χ1) is 11.1. The normalized spacial score (nSPS) is 10.7. The molecule has 3 aromatic rings. The maximum Gasteiger partial charge on any atom is 0.343 e. The van der Waals surface area contributed by atoms with Crippen LogP contribution in [0.5, 0.6) is 5.75 Å². The lowest BCUT2D eigenvalue weighted by atomic mass is 10.2. The van der Waals surface area contributed by atoms with Crippen molar-refractivity contribution in [3.05, 3.63) is 56.7 Å². The third kappa shape index (κ3) is 2.60. The Hall–Kier alpha value is -2.31. The predicted octanol–water partition coefficient (Wildman–Crippen LogP) is 3.50. The number of fused-ring (bicyclic) bond motifs is 1. The summed E-state index contributed by atoms with van der Waals surface area (Å²) in [6.45, 7) is 0. The van der Waals surface area contributed by atoms with Gasteiger partial charge in [-0.3, -0.25) is 4.79 Å². The minimum absolute atomic E-state index is 0.0552. The number of hydrogen-bond acceptors (Lipinski definition) is 5. The number of esters is 1. The molecule has 5 nitrogen and oxygen atoms in total. The lowest BCUT2D eigenvalue weighted by molar-refractivity contribution is 0.0599. The Morgan fingerprint density at radius 2 is 2.00 bits per heavy atom. The van der Waals surface area contributed by atoms with Gasteiger partial charge in [0.15, 0.2) is 0 Å². The van der Waals surface area contributed by atoms with Crippen LogP contribution in [-0.4, -0.2) is 24.8 Å². The van der Waals surface area contributed by atoms with Gasteiger partial charge in [0, 0.05) is 6.20 Å². The highest BCUT2D eigenvalue weighted by atomic mass is 35.5. The van der Waals surface area contributed by atoms with Gasteiger partial charge < -0.3 is 14.0 Å². The highest BCUT2D eigenvalue weighted by Crippen LogP contribution is 2.32. The third-order valence-electron chi connectivity index (χ3n) is 3.40. The zero-order valence-corrected chi connectivity index (χ0v) is 13.9. The Balaban J connectivity index is 2.42. The second kappa shape index (κ2) is 6.06. The molecular weight excluding hydrogens is 338 g/mol. The average Bonchev–Trinajstić information content (AvgIpc) is 2.97. The summed E-state index contributed by atoms with van der Waals surface area (Å²) in [6, 6.07) is 8.87. The molecule has 0 unspecified atom stereocenters. The Kier molecular flexibility index (Phi) is 4.11. The second-order valence-corrected chi connectivity index (χ2v) is 6.34. The molecular formula is C16H12ClNO4S. The van der Waals surface area contributed by atoms with E-state index in [1.165, 1.54) is 24.6 Å². The van der Waals surface area contributed by atoms with Crippen molar-refractivity contribution in [3.8, 4) is 11.4 Å². The number of thiophene rings is 1. The van der Waals surface area contributed by atoms with Gasteiger partial charge >= 0.3 is 5.97 Å². The minimum atomic E-state index is -0.692. The van der Waals surface area contributed by atoms with Gasteiger partial charge in [-0.05, 0) is 18.2 Å². The lowest BCUT2D eigenvalue weighted by Gasteiger charge is -2.13. The molecule has 0 saturated carbocycles. The van der Waals surface area contributed by atoms with E-state index in [0.29, 0.717) is 26.0 Å². The molecule has 0 amide bonds. The van der Waals surface area contributed by atoms with E-state index in [1.54, 1.807) is 23.8 Å². The number of carbonyl (C=O) groups excluding carboxylic acids is 1. The number of aromatic nitrogens is 1. The van der Waals surface area contributed by atoms with E-state index in [9.17, 15) is 9.59 Å². The zero-order valence-electron chi connectivity index (χ0n) is 12.3. The third-order valence-corrected chi connectivity index (χ3v) is 4.66. The number of nitrogens with zero attached hydrogens (tertiary/aromatic N) is 1. The molecule has 0 saturated heterocycles. The number of rotatable bonds is 3. The molecule has 0 aliphatic carbocycles. The van der Waals surface area contributed by atoms with Gasteiger partial charge in [0.05, 0.1) is 29.6 Å². The molecule has 3 rings (SSSR count). The molecule has 118 valence electrons. The monoisotopic (exact) mass is 349 g/mol. The van der Waals surface area contributed by atoms with Gasteiger partial charge in [-0.1, -0.05) is 23.7 Å². The summed E-state index contributed by atoms with van der Waals surface area (Å²) >= 11 is 7.33. The number of benzene rings is 1. The first kappa shape index (κ1) is 15.6. The first-order valence-electron chi connectivity index (χ1n) is 6.63. The number of ether oxygens (including phenoxy) is 2. The standard InChI is InChI=1S/C16H12ClNO4S/c1-21-12-6-4-3-5-11(12)18-8-10(16(20)22-2)14(19)9-7-13(17)23-15(9)18/h3-8H,1-2H3. The Morgan fingerprint density at radius 1 is 1.26 bits per heavy atom. The van der Waals surface area contributed by atoms with Crippen molar-refractivity contribution < 1.29 is 14.3 Å². The number of para-hydroxylation sites is 2. The molecule has 0 radical (unpaired) electrons.